The molecule has 1 aliphatic heterocycles. The summed E-state index contributed by atoms with van der Waals surface area (Å²) >= 11 is 0. The van der Waals surface area contributed by atoms with Gasteiger partial charge in [-0.3, -0.25) is 4.98 Å². The third-order valence-corrected chi connectivity index (χ3v) is 4.37. The van der Waals surface area contributed by atoms with Crippen LogP contribution >= 0.6 is 0 Å². The fraction of sp³-hybridized carbons (Fsp3) is 0.583. The quantitative estimate of drug-likeness (QED) is 0.875. The van der Waals surface area contributed by atoms with Crippen LogP contribution in [-0.4, -0.2) is 43.0 Å². The highest BCUT2D eigenvalue weighted by atomic mass is 32.2. The lowest BCUT2D eigenvalue weighted by Gasteiger charge is -2.34. The molecule has 6 nitrogen and oxygen atoms in total. The van der Waals surface area contributed by atoms with Crippen molar-refractivity contribution in [2.75, 3.05) is 13.1 Å². The molecule has 0 unspecified atom stereocenters. The third-order valence-electron chi connectivity index (χ3n) is 2.89. The van der Waals surface area contributed by atoms with Crippen LogP contribution in [0.25, 0.3) is 0 Å². The summed E-state index contributed by atoms with van der Waals surface area (Å²) in [6.07, 6.45) is 1.47. The van der Waals surface area contributed by atoms with Crippen molar-refractivity contribution in [3.63, 3.8) is 0 Å². The van der Waals surface area contributed by atoms with Crippen molar-refractivity contribution in [1.82, 2.24) is 14.0 Å². The molecule has 2 heterocycles. The van der Waals surface area contributed by atoms with Crippen molar-refractivity contribution in [1.29, 1.82) is 0 Å². The van der Waals surface area contributed by atoms with Gasteiger partial charge in [-0.05, 0) is 26.0 Å². The van der Waals surface area contributed by atoms with Crippen molar-refractivity contribution < 1.29 is 13.2 Å². The molecule has 1 N–H and O–H groups in total. The SMILES string of the molecule is C[C@@H]1CN(S(=O)(=O)NCc2ccccn2)C[C@@H](C)O1. The van der Waals surface area contributed by atoms with Crippen LogP contribution in [0.3, 0.4) is 0 Å². The summed E-state index contributed by atoms with van der Waals surface area (Å²) in [5.74, 6) is 0. The van der Waals surface area contributed by atoms with Gasteiger partial charge in [0.15, 0.2) is 0 Å². The number of aromatic nitrogens is 1. The number of nitrogens with zero attached hydrogens (tertiary/aromatic N) is 2. The van der Waals surface area contributed by atoms with E-state index in [1.807, 2.05) is 19.9 Å². The van der Waals surface area contributed by atoms with Crippen LogP contribution in [0.1, 0.15) is 19.5 Å². The standard InChI is InChI=1S/C12H19N3O3S/c1-10-8-15(9-11(2)18-10)19(16,17)14-7-12-5-3-4-6-13-12/h3-6,10-11,14H,7-9H2,1-2H3/t10-,11-/m1/s1. The van der Waals surface area contributed by atoms with Crippen molar-refractivity contribution in [2.24, 2.45) is 0 Å². The molecule has 0 radical (unpaired) electrons. The maximum atomic E-state index is 12.2. The molecule has 19 heavy (non-hydrogen) atoms. The number of ether oxygens (including phenoxy) is 1. The summed E-state index contributed by atoms with van der Waals surface area (Å²) in [7, 11) is -3.48. The van der Waals surface area contributed by atoms with Gasteiger partial charge in [0.25, 0.3) is 10.2 Å². The molecule has 1 aromatic rings. The summed E-state index contributed by atoms with van der Waals surface area (Å²) in [6, 6.07) is 5.41. The second-order valence-corrected chi connectivity index (χ2v) is 6.48. The van der Waals surface area contributed by atoms with Gasteiger partial charge in [-0.2, -0.15) is 17.4 Å². The minimum Gasteiger partial charge on any atom is -0.373 e. The monoisotopic (exact) mass is 285 g/mol. The zero-order valence-electron chi connectivity index (χ0n) is 11.1. The van der Waals surface area contributed by atoms with Crippen LogP contribution in [0.15, 0.2) is 24.4 Å². The molecule has 0 spiro atoms. The second-order valence-electron chi connectivity index (χ2n) is 4.72. The van der Waals surface area contributed by atoms with E-state index in [-0.39, 0.29) is 18.8 Å². The van der Waals surface area contributed by atoms with E-state index in [4.69, 9.17) is 4.74 Å². The van der Waals surface area contributed by atoms with Gasteiger partial charge in [-0.25, -0.2) is 0 Å². The summed E-state index contributed by atoms with van der Waals surface area (Å²) in [4.78, 5) is 4.09. The van der Waals surface area contributed by atoms with Gasteiger partial charge in [-0.15, -0.1) is 0 Å². The molecule has 106 valence electrons. The smallest absolute Gasteiger partial charge is 0.279 e. The predicted molar refractivity (Wildman–Crippen MR) is 71.6 cm³/mol. The molecule has 1 aromatic heterocycles. The topological polar surface area (TPSA) is 71.5 Å². The van der Waals surface area contributed by atoms with Crippen LogP contribution in [0, 0.1) is 0 Å². The van der Waals surface area contributed by atoms with Gasteiger partial charge in [0.2, 0.25) is 0 Å². The lowest BCUT2D eigenvalue weighted by molar-refractivity contribution is -0.0444. The first-order chi connectivity index (χ1) is 8.97. The molecule has 0 bridgehead atoms. The van der Waals surface area contributed by atoms with Crippen molar-refractivity contribution >= 4 is 10.2 Å². The summed E-state index contributed by atoms with van der Waals surface area (Å²) in [5.41, 5.74) is 0.695. The van der Waals surface area contributed by atoms with Gasteiger partial charge < -0.3 is 4.74 Å². The third kappa shape index (κ3) is 3.97. The molecule has 7 heteroatoms. The summed E-state index contributed by atoms with van der Waals surface area (Å²) in [6.45, 7) is 4.70. The maximum Gasteiger partial charge on any atom is 0.279 e. The van der Waals surface area contributed by atoms with Crippen LogP contribution < -0.4 is 4.72 Å². The Labute approximate surface area is 114 Å². The Morgan fingerprint density at radius 2 is 2.05 bits per heavy atom. The molecule has 2 atom stereocenters. The summed E-state index contributed by atoms with van der Waals surface area (Å²) < 4.78 is 33.9. The van der Waals surface area contributed by atoms with Crippen molar-refractivity contribution in [2.45, 2.75) is 32.6 Å². The maximum absolute atomic E-state index is 12.2. The molecular formula is C12H19N3O3S. The number of morpholine rings is 1. The van der Waals surface area contributed by atoms with E-state index in [0.717, 1.165) is 0 Å². The summed E-state index contributed by atoms with van der Waals surface area (Å²) in [5, 5.41) is 0. The minimum atomic E-state index is -3.48. The Bertz CT molecular complexity index is 496. The van der Waals surface area contributed by atoms with E-state index >= 15 is 0 Å². The first-order valence-corrected chi connectivity index (χ1v) is 7.71. The van der Waals surface area contributed by atoms with Crippen molar-refractivity contribution in [3.8, 4) is 0 Å². The van der Waals surface area contributed by atoms with E-state index in [1.54, 1.807) is 18.3 Å². The van der Waals surface area contributed by atoms with Crippen LogP contribution in [-0.2, 0) is 21.5 Å². The zero-order chi connectivity index (χ0) is 13.9. The first-order valence-electron chi connectivity index (χ1n) is 6.27. The molecule has 1 aliphatic rings. The average Bonchev–Trinajstić information content (AvgIpc) is 2.37. The van der Waals surface area contributed by atoms with Gasteiger partial charge in [0, 0.05) is 19.3 Å². The molecule has 2 rings (SSSR count). The number of nitrogens with one attached hydrogen (secondary N) is 1. The minimum absolute atomic E-state index is 0.0878. The highest BCUT2D eigenvalue weighted by molar-refractivity contribution is 7.87. The van der Waals surface area contributed by atoms with Gasteiger partial charge in [0.1, 0.15) is 0 Å². The van der Waals surface area contributed by atoms with Gasteiger partial charge in [0.05, 0.1) is 24.4 Å². The molecule has 0 saturated carbocycles. The Morgan fingerprint density at radius 3 is 2.63 bits per heavy atom. The molecule has 1 saturated heterocycles. The number of rotatable bonds is 4. The van der Waals surface area contributed by atoms with Crippen LogP contribution in [0.2, 0.25) is 0 Å². The Hall–Kier alpha value is -1.02. The normalized spacial score (nSPS) is 25.4. The van der Waals surface area contributed by atoms with E-state index < -0.39 is 10.2 Å². The van der Waals surface area contributed by atoms with Gasteiger partial charge in [-0.1, -0.05) is 6.07 Å². The Balaban J connectivity index is 1.98. The Morgan fingerprint density at radius 1 is 1.37 bits per heavy atom. The molecule has 1 fully saturated rings. The van der Waals surface area contributed by atoms with Gasteiger partial charge >= 0.3 is 0 Å². The number of hydrogen-bond acceptors (Lipinski definition) is 4. The highest BCUT2D eigenvalue weighted by Crippen LogP contribution is 2.13. The molecule has 0 aromatic carbocycles. The predicted octanol–water partition coefficient (Wildman–Crippen LogP) is 0.525. The lowest BCUT2D eigenvalue weighted by Crippen LogP contribution is -2.51. The fourth-order valence-electron chi connectivity index (χ4n) is 2.09. The molecule has 0 amide bonds. The second kappa shape index (κ2) is 5.96. The van der Waals surface area contributed by atoms with Crippen LogP contribution in [0.5, 0.6) is 0 Å². The average molecular weight is 285 g/mol. The van der Waals surface area contributed by atoms with E-state index in [9.17, 15) is 8.42 Å². The van der Waals surface area contributed by atoms with Crippen LogP contribution in [0.4, 0.5) is 0 Å². The van der Waals surface area contributed by atoms with Crippen molar-refractivity contribution in [3.05, 3.63) is 30.1 Å². The Kier molecular flexibility index (Phi) is 4.51. The van der Waals surface area contributed by atoms with E-state index in [0.29, 0.717) is 18.8 Å². The first kappa shape index (κ1) is 14.4. The largest absolute Gasteiger partial charge is 0.373 e. The highest BCUT2D eigenvalue weighted by Gasteiger charge is 2.30. The lowest BCUT2D eigenvalue weighted by atomic mass is 10.3. The fourth-order valence-corrected chi connectivity index (χ4v) is 3.41. The van der Waals surface area contributed by atoms with E-state index in [2.05, 4.69) is 9.71 Å². The molecule has 0 aliphatic carbocycles. The number of hydrogen-bond donors (Lipinski definition) is 1. The number of pyridine rings is 1. The zero-order valence-corrected chi connectivity index (χ0v) is 11.9. The van der Waals surface area contributed by atoms with E-state index in [1.165, 1.54) is 4.31 Å². The molecular weight excluding hydrogens is 266 g/mol.